The molecule has 0 aromatic carbocycles. The van der Waals surface area contributed by atoms with Crippen LogP contribution in [-0.2, 0) is 14.3 Å². The third kappa shape index (κ3) is 7.24. The van der Waals surface area contributed by atoms with Crippen LogP contribution in [0, 0.1) is 0 Å². The molecule has 0 radical (unpaired) electrons. The number of amidine groups is 1. The van der Waals surface area contributed by atoms with Gasteiger partial charge in [-0.15, -0.1) is 5.73 Å². The number of carbonyl (C=O) groups excluding carboxylic acids is 1. The number of pyridine rings is 1. The molecule has 3 atom stereocenters. The summed E-state index contributed by atoms with van der Waals surface area (Å²) in [6.45, 7) is 16.7. The van der Waals surface area contributed by atoms with E-state index >= 15 is 0 Å². The molecule has 1 aromatic heterocycles. The maximum absolute atomic E-state index is 12.9. The van der Waals surface area contributed by atoms with E-state index in [-0.39, 0.29) is 38.2 Å². The van der Waals surface area contributed by atoms with Gasteiger partial charge in [0, 0.05) is 21.9 Å². The van der Waals surface area contributed by atoms with Gasteiger partial charge in [-0.1, -0.05) is 25.6 Å². The normalized spacial score (nSPS) is 22.8. The molecule has 216 valence electrons. The maximum Gasteiger partial charge on any atom is 0.271 e. The van der Waals surface area contributed by atoms with Gasteiger partial charge in [-0.25, -0.2) is 9.98 Å². The smallest absolute Gasteiger partial charge is 0.271 e. The minimum atomic E-state index is -0.361. The van der Waals surface area contributed by atoms with Crippen LogP contribution in [0.25, 0.3) is 11.3 Å². The van der Waals surface area contributed by atoms with Crippen LogP contribution in [0.1, 0.15) is 67.6 Å². The van der Waals surface area contributed by atoms with E-state index in [0.717, 1.165) is 35.8 Å². The Morgan fingerprint density at radius 2 is 2.08 bits per heavy atom. The van der Waals surface area contributed by atoms with Gasteiger partial charge in [0.2, 0.25) is 0 Å². The number of carbonyl (C=O) groups is 1. The predicted octanol–water partition coefficient (Wildman–Crippen LogP) is 4.76. The fourth-order valence-electron chi connectivity index (χ4n) is 4.78. The van der Waals surface area contributed by atoms with Gasteiger partial charge in [-0.2, -0.15) is 0 Å². The standard InChI is InChI=1S/C31H40N6O3.2H2/c1-7-23(24(8-2)37-30(38)28(32-6)17-33-31(5)18-39-19-31)35-29-15-14-27(36-29)26-11-9-10-25(34-26)22-13-12-20(3)40-21(4)16-22;;/h9-11,13-14,17,20-21,24,33H,1,6,8,12,15-16,18-19H2,2-5H3,(H,35,36)(H,37,38);2*1H/b28-17-;;/t20-,21+,24-;;/m0../s1. The zero-order valence-electron chi connectivity index (χ0n) is 23.9. The zero-order valence-corrected chi connectivity index (χ0v) is 23.9. The largest absolute Gasteiger partial charge is 0.379 e. The second-order valence-electron chi connectivity index (χ2n) is 10.7. The molecule has 1 fully saturated rings. The fraction of sp³-hybridized carbons (Fsp3) is 0.452. The first-order valence-electron chi connectivity index (χ1n) is 13.8. The molecule has 1 aromatic rings. The third-order valence-electron chi connectivity index (χ3n) is 7.09. The molecule has 0 unspecified atom stereocenters. The summed E-state index contributed by atoms with van der Waals surface area (Å²) in [6.07, 6.45) is 9.14. The van der Waals surface area contributed by atoms with Gasteiger partial charge in [0.15, 0.2) is 0 Å². The summed E-state index contributed by atoms with van der Waals surface area (Å²) in [7, 11) is 0. The van der Waals surface area contributed by atoms with Crippen molar-refractivity contribution in [2.45, 2.75) is 77.2 Å². The summed E-state index contributed by atoms with van der Waals surface area (Å²) < 4.78 is 11.2. The van der Waals surface area contributed by atoms with Gasteiger partial charge in [-0.3, -0.25) is 9.79 Å². The summed E-state index contributed by atoms with van der Waals surface area (Å²) in [5.74, 6) is 0.394. The van der Waals surface area contributed by atoms with Gasteiger partial charge in [0.05, 0.1) is 59.8 Å². The molecule has 9 nitrogen and oxygen atoms in total. The van der Waals surface area contributed by atoms with Crippen molar-refractivity contribution in [3.8, 4) is 0 Å². The Morgan fingerprint density at radius 3 is 2.75 bits per heavy atom. The summed E-state index contributed by atoms with van der Waals surface area (Å²) >= 11 is 0. The van der Waals surface area contributed by atoms with Crippen LogP contribution in [0.3, 0.4) is 0 Å². The minimum absolute atomic E-state index is 0. The third-order valence-corrected chi connectivity index (χ3v) is 7.09. The van der Waals surface area contributed by atoms with Crippen molar-refractivity contribution in [2.75, 3.05) is 13.2 Å². The molecule has 1 saturated heterocycles. The monoisotopic (exact) mass is 548 g/mol. The van der Waals surface area contributed by atoms with Crippen molar-refractivity contribution in [1.29, 1.82) is 0 Å². The first-order chi connectivity index (χ1) is 19.2. The van der Waals surface area contributed by atoms with Crippen molar-refractivity contribution < 1.29 is 17.1 Å². The number of rotatable bonds is 10. The Hall–Kier alpha value is -3.78. The van der Waals surface area contributed by atoms with E-state index in [0.29, 0.717) is 31.8 Å². The van der Waals surface area contributed by atoms with E-state index < -0.39 is 0 Å². The van der Waals surface area contributed by atoms with Crippen molar-refractivity contribution in [1.82, 2.24) is 20.9 Å². The molecular formula is C31H44N6O3. The first-order valence-corrected chi connectivity index (χ1v) is 13.8. The van der Waals surface area contributed by atoms with Crippen molar-refractivity contribution >= 4 is 29.7 Å². The Labute approximate surface area is 239 Å². The maximum atomic E-state index is 12.9. The number of ether oxygens (including phenoxy) is 2. The van der Waals surface area contributed by atoms with Gasteiger partial charge in [0.25, 0.3) is 5.91 Å². The van der Waals surface area contributed by atoms with Gasteiger partial charge >= 0.3 is 0 Å². The number of nitrogens with one attached hydrogen (secondary N) is 3. The molecule has 3 aliphatic rings. The van der Waals surface area contributed by atoms with E-state index in [1.165, 1.54) is 5.57 Å². The Kier molecular flexibility index (Phi) is 9.53. The van der Waals surface area contributed by atoms with Crippen LogP contribution in [-0.4, -0.2) is 60.4 Å². The SMILES string of the molecule is C=C=C(NC1=NC(c2cccc(C3=CC[C@H](C)O[C@H](C)C3)n2)=CC1)[C@H](CC)NC(=O)/C(=C/NC1(C)COC1)N=C.[HH].[HH]. The quantitative estimate of drug-likeness (QED) is 0.221. The molecule has 3 aliphatic heterocycles. The molecule has 4 heterocycles. The van der Waals surface area contributed by atoms with Crippen molar-refractivity contribution in [3.05, 3.63) is 71.6 Å². The number of aromatic nitrogens is 1. The molecule has 9 heteroatoms. The first kappa shape index (κ1) is 29.2. The lowest BCUT2D eigenvalue weighted by Gasteiger charge is -2.38. The van der Waals surface area contributed by atoms with Crippen LogP contribution in [0.4, 0.5) is 0 Å². The van der Waals surface area contributed by atoms with Crippen LogP contribution < -0.4 is 16.0 Å². The lowest BCUT2D eigenvalue weighted by atomic mass is 10.0. The van der Waals surface area contributed by atoms with Crippen molar-refractivity contribution in [2.24, 2.45) is 9.98 Å². The summed E-state index contributed by atoms with van der Waals surface area (Å²) in [5, 5.41) is 9.52. The van der Waals surface area contributed by atoms with E-state index in [1.807, 2.05) is 38.1 Å². The van der Waals surface area contributed by atoms with E-state index in [1.54, 1.807) is 6.20 Å². The summed E-state index contributed by atoms with van der Waals surface area (Å²) in [4.78, 5) is 26.6. The van der Waals surface area contributed by atoms with Crippen LogP contribution in [0.15, 0.2) is 70.2 Å². The Bertz CT molecular complexity index is 1310. The van der Waals surface area contributed by atoms with E-state index in [9.17, 15) is 4.79 Å². The number of hydrogen-bond acceptors (Lipinski definition) is 8. The highest BCUT2D eigenvalue weighted by molar-refractivity contribution is 5.96. The molecule has 0 saturated carbocycles. The van der Waals surface area contributed by atoms with E-state index in [2.05, 4.69) is 59.9 Å². The van der Waals surface area contributed by atoms with Gasteiger partial charge in [-0.05, 0) is 64.1 Å². The average Bonchev–Trinajstić information content (AvgIpc) is 3.33. The van der Waals surface area contributed by atoms with Crippen LogP contribution >= 0.6 is 0 Å². The van der Waals surface area contributed by atoms with Gasteiger partial charge in [0.1, 0.15) is 11.5 Å². The predicted molar refractivity (Wildman–Crippen MR) is 164 cm³/mol. The Morgan fingerprint density at radius 1 is 1.30 bits per heavy atom. The zero-order chi connectivity index (χ0) is 28.7. The molecule has 0 bridgehead atoms. The molecule has 3 N–H and O–H groups in total. The van der Waals surface area contributed by atoms with Crippen molar-refractivity contribution in [3.63, 3.8) is 0 Å². The number of hydrogen-bond donors (Lipinski definition) is 3. The minimum Gasteiger partial charge on any atom is -0.379 e. The van der Waals surface area contributed by atoms with Crippen LogP contribution in [0.2, 0.25) is 0 Å². The molecular weight excluding hydrogens is 504 g/mol. The molecule has 40 heavy (non-hydrogen) atoms. The summed E-state index contributed by atoms with van der Waals surface area (Å²) in [5.41, 5.74) is 7.34. The van der Waals surface area contributed by atoms with Gasteiger partial charge < -0.3 is 25.4 Å². The molecule has 0 spiro atoms. The molecule has 4 rings (SSSR count). The number of nitrogens with zero attached hydrogens (tertiary/aromatic N) is 3. The second kappa shape index (κ2) is 13.0. The summed E-state index contributed by atoms with van der Waals surface area (Å²) in [6, 6.07) is 5.67. The highest BCUT2D eigenvalue weighted by atomic mass is 16.5. The Balaban J connectivity index is 0.00000308. The number of aliphatic imine (C=N–C) groups is 2. The topological polar surface area (TPSA) is 109 Å². The van der Waals surface area contributed by atoms with E-state index in [4.69, 9.17) is 19.5 Å². The number of amides is 1. The lowest BCUT2D eigenvalue weighted by molar-refractivity contribution is -0.118. The highest BCUT2D eigenvalue weighted by Gasteiger charge is 2.32. The molecule has 1 amide bonds. The van der Waals surface area contributed by atoms with Crippen LogP contribution in [0.5, 0.6) is 0 Å². The highest BCUT2D eigenvalue weighted by Crippen LogP contribution is 2.28. The average molecular weight is 549 g/mol. The lowest BCUT2D eigenvalue weighted by Crippen LogP contribution is -2.56. The second-order valence-corrected chi connectivity index (χ2v) is 10.7. The molecule has 0 aliphatic carbocycles. The fourth-order valence-corrected chi connectivity index (χ4v) is 4.78.